The molecule has 13 rings (SSSR count). The lowest BCUT2D eigenvalue weighted by Gasteiger charge is -2.51. The predicted molar refractivity (Wildman–Crippen MR) is 279 cm³/mol. The number of rotatable bonds is 13. The van der Waals surface area contributed by atoms with E-state index in [1.165, 1.54) is 0 Å². The van der Waals surface area contributed by atoms with Gasteiger partial charge in [-0.2, -0.15) is 11.8 Å². The minimum absolute atomic E-state index is 0.00569. The van der Waals surface area contributed by atoms with E-state index < -0.39 is 66.7 Å². The number of hydrogen-bond acceptors (Lipinski definition) is 16. The van der Waals surface area contributed by atoms with Crippen molar-refractivity contribution in [2.75, 3.05) is 18.8 Å². The summed E-state index contributed by atoms with van der Waals surface area (Å²) in [5, 5.41) is 23.9. The van der Waals surface area contributed by atoms with Crippen LogP contribution in [-0.2, 0) is 61.8 Å². The van der Waals surface area contributed by atoms with E-state index in [-0.39, 0.29) is 116 Å². The summed E-state index contributed by atoms with van der Waals surface area (Å²) in [5.41, 5.74) is 2.09. The minimum atomic E-state index is -0.900. The highest BCUT2D eigenvalue weighted by Gasteiger charge is 2.69. The van der Waals surface area contributed by atoms with Gasteiger partial charge in [0.05, 0.1) is 85.6 Å². The maximum Gasteiger partial charge on any atom is 0.315 e. The Kier molecular flexibility index (Phi) is 16.5. The lowest BCUT2D eigenvalue weighted by Crippen LogP contribution is -2.62. The van der Waals surface area contributed by atoms with Crippen LogP contribution in [0.2, 0.25) is 0 Å². The second-order valence-electron chi connectivity index (χ2n) is 24.8. The Morgan fingerprint density at radius 1 is 0.688 bits per heavy atom. The second-order valence-corrected chi connectivity index (χ2v) is 26.1. The largest absolute Gasteiger partial charge is 0.459 e. The van der Waals surface area contributed by atoms with Gasteiger partial charge in [0.25, 0.3) is 0 Å². The molecule has 77 heavy (non-hydrogen) atoms. The molecular formula is C57H84N4O15S. The molecule has 13 aliphatic heterocycles. The van der Waals surface area contributed by atoms with Crippen LogP contribution in [0.5, 0.6) is 0 Å². The second kappa shape index (κ2) is 23.2. The van der Waals surface area contributed by atoms with E-state index in [2.05, 4.69) is 41.3 Å². The molecule has 24 atom stereocenters. The van der Waals surface area contributed by atoms with Crippen molar-refractivity contribution in [1.82, 2.24) is 21.3 Å². The molecule has 13 heterocycles. The first-order chi connectivity index (χ1) is 37.2. The van der Waals surface area contributed by atoms with Gasteiger partial charge in [-0.1, -0.05) is 39.8 Å². The number of fused-ring (bicyclic) bond motifs is 8. The fraction of sp³-hybridized carbons (Fsp3) is 0.860. The predicted octanol–water partition coefficient (Wildman–Crippen LogP) is 4.72. The quantitative estimate of drug-likeness (QED) is 0.0728. The lowest BCUT2D eigenvalue weighted by molar-refractivity contribution is -0.293. The molecule has 1 spiro atoms. The van der Waals surface area contributed by atoms with Crippen LogP contribution < -0.4 is 21.3 Å². The van der Waals surface area contributed by atoms with E-state index in [0.29, 0.717) is 63.2 Å². The summed E-state index contributed by atoms with van der Waals surface area (Å²) in [7, 11) is 0. The van der Waals surface area contributed by atoms with Crippen molar-refractivity contribution >= 4 is 35.6 Å². The monoisotopic (exact) mass is 1100 g/mol. The molecule has 0 unspecified atom stereocenters. The molecule has 0 aromatic carbocycles. The Bertz CT molecular complexity index is 2210. The summed E-state index contributed by atoms with van der Waals surface area (Å²) in [5.74, 6) is -0.540. The fourth-order valence-electron chi connectivity index (χ4n) is 15.2. The van der Waals surface area contributed by atoms with Crippen molar-refractivity contribution in [3.05, 3.63) is 24.3 Å². The first kappa shape index (κ1) is 54.7. The number of nitrogens with one attached hydrogen (secondary N) is 4. The highest BCUT2D eigenvalue weighted by atomic mass is 32.2. The van der Waals surface area contributed by atoms with Gasteiger partial charge in [0.2, 0.25) is 11.8 Å². The molecule has 12 bridgehead atoms. The standard InChI is InChI=1S/C57H84N4O15S/c1-28-20-32-13-15-37-29(2)21-34(67-37)17-18-57-25-42-52(75-57)53-54(72-42)55(76-57)51-38(71-53)16-14-33(69-51)22-47(65)74-50-31(4)49-40(70-41(50)24-39(68-32)30(28)3)23-36(62)43(73-49)26-59-46(64)11-6-5-9-19-58-45(63)12-8-7-10-44-48-35(27-77-44)60-56(66)61-48/h28,31-44,48-55,62H,2-3,5-27H2,1,4H3,(H,58,63)(H,59,64)(H2,60,61,66)/t28-,31+,32+,33-,34+,35+,36+,37+,38+,39-,40+,41+,42-,43-,44+,48+,49+,50-,51+,52-,53-,54+,55-,57+/m1/s1. The van der Waals surface area contributed by atoms with Crippen molar-refractivity contribution < 1.29 is 71.7 Å². The molecule has 4 amide bonds. The average Bonchev–Trinajstić information content (AvgIpc) is 4.40. The molecule has 20 heteroatoms. The van der Waals surface area contributed by atoms with Crippen LogP contribution in [-0.4, -0.2) is 181 Å². The molecule has 0 aromatic heterocycles. The number of aliphatic hydroxyl groups excluding tert-OH is 1. The van der Waals surface area contributed by atoms with E-state index in [4.69, 9.17) is 47.4 Å². The third kappa shape index (κ3) is 11.7. The highest BCUT2D eigenvalue weighted by molar-refractivity contribution is 8.00. The van der Waals surface area contributed by atoms with Gasteiger partial charge in [-0.05, 0) is 87.7 Å². The van der Waals surface area contributed by atoms with Crippen molar-refractivity contribution in [2.24, 2.45) is 11.8 Å². The maximum atomic E-state index is 14.4. The number of carbonyl (C=O) groups is 4. The van der Waals surface area contributed by atoms with Gasteiger partial charge >= 0.3 is 12.0 Å². The summed E-state index contributed by atoms with van der Waals surface area (Å²) >= 11 is 1.89. The molecule has 0 aromatic rings. The van der Waals surface area contributed by atoms with Gasteiger partial charge in [-0.15, -0.1) is 0 Å². The molecular weight excluding hydrogens is 1010 g/mol. The van der Waals surface area contributed by atoms with E-state index >= 15 is 0 Å². The third-order valence-electron chi connectivity index (χ3n) is 19.4. The van der Waals surface area contributed by atoms with Crippen LogP contribution in [0.4, 0.5) is 4.79 Å². The first-order valence-electron chi connectivity index (χ1n) is 29.6. The number of ether oxygens (including phenoxy) is 10. The Hall–Kier alpha value is -2.89. The summed E-state index contributed by atoms with van der Waals surface area (Å²) < 4.78 is 67.8. The zero-order chi connectivity index (χ0) is 53.1. The molecule has 0 radical (unpaired) electrons. The minimum Gasteiger partial charge on any atom is -0.459 e. The Morgan fingerprint density at radius 2 is 1.44 bits per heavy atom. The zero-order valence-electron chi connectivity index (χ0n) is 45.0. The average molecular weight is 1100 g/mol. The SMILES string of the molecule is C=C1C[C@@H]2CC[C@@]34C[C@H]5O[C@@H]6[C@H](O3)[C@H]3O[C@H](CC[C@@H]3O[C@@H]6[C@@H]5O4)CC(=O)O[C@@H]3[C@@H](C)[C@@H]4O[C@H](CNC(=O)CCCCCNC(=O)CCCC[C@@H]5SC[C@@H]6NC(=O)N[C@@H]65)[C@@H](O)C[C@@H]4O[C@H]3C[C@H]3O[C@@H](CC[C@@H]1O2)C[C@@H](C)C3=C. The van der Waals surface area contributed by atoms with Gasteiger partial charge in [-0.25, -0.2) is 4.79 Å². The molecule has 5 N–H and O–H groups in total. The van der Waals surface area contributed by atoms with E-state index in [1.54, 1.807) is 0 Å². The van der Waals surface area contributed by atoms with E-state index in [9.17, 15) is 24.3 Å². The van der Waals surface area contributed by atoms with Gasteiger partial charge < -0.3 is 73.7 Å². The number of carbonyl (C=O) groups excluding carboxylic acids is 4. The lowest BCUT2D eigenvalue weighted by atomic mass is 9.79. The van der Waals surface area contributed by atoms with Crippen molar-refractivity contribution in [3.8, 4) is 0 Å². The van der Waals surface area contributed by atoms with Crippen LogP contribution in [0.3, 0.4) is 0 Å². The van der Waals surface area contributed by atoms with Crippen LogP contribution in [0.15, 0.2) is 24.3 Å². The number of unbranched alkanes of at least 4 members (excludes halogenated alkanes) is 3. The van der Waals surface area contributed by atoms with Crippen molar-refractivity contribution in [1.29, 1.82) is 0 Å². The molecule has 0 aliphatic carbocycles. The Morgan fingerprint density at radius 3 is 2.31 bits per heavy atom. The summed E-state index contributed by atoms with van der Waals surface area (Å²) in [6.45, 7) is 13.9. The number of hydrogen-bond donors (Lipinski definition) is 5. The van der Waals surface area contributed by atoms with Gasteiger partial charge in [0.1, 0.15) is 42.7 Å². The first-order valence-corrected chi connectivity index (χ1v) is 30.7. The molecule has 19 nitrogen and oxygen atoms in total. The normalized spacial score (nSPS) is 46.9. The Balaban J connectivity index is 0.652. The molecule has 13 saturated heterocycles. The molecule has 13 fully saturated rings. The molecule has 0 saturated carbocycles. The topological polar surface area (TPSA) is 229 Å². The van der Waals surface area contributed by atoms with Crippen LogP contribution in [0.1, 0.15) is 142 Å². The molecule has 13 aliphatic rings. The van der Waals surface area contributed by atoms with E-state index in [0.717, 1.165) is 81.1 Å². The summed E-state index contributed by atoms with van der Waals surface area (Å²) in [6, 6.07) is 0.317. The zero-order valence-corrected chi connectivity index (χ0v) is 45.8. The van der Waals surface area contributed by atoms with Crippen molar-refractivity contribution in [2.45, 2.75) is 275 Å². The third-order valence-corrected chi connectivity index (χ3v) is 20.9. The van der Waals surface area contributed by atoms with Gasteiger partial charge in [0, 0.05) is 68.5 Å². The Labute approximate surface area is 457 Å². The van der Waals surface area contributed by atoms with Crippen molar-refractivity contribution in [3.63, 3.8) is 0 Å². The van der Waals surface area contributed by atoms with Gasteiger partial charge in [-0.3, -0.25) is 14.4 Å². The fourth-order valence-corrected chi connectivity index (χ4v) is 16.7. The number of esters is 1. The highest BCUT2D eigenvalue weighted by Crippen LogP contribution is 2.54. The number of thioether (sulfide) groups is 1. The van der Waals surface area contributed by atoms with E-state index in [1.807, 2.05) is 18.7 Å². The number of urea groups is 1. The smallest absolute Gasteiger partial charge is 0.315 e. The van der Waals surface area contributed by atoms with Crippen LogP contribution >= 0.6 is 11.8 Å². The summed E-state index contributed by atoms with van der Waals surface area (Å²) in [6.07, 6.45) is 6.31. The van der Waals surface area contributed by atoms with Gasteiger partial charge in [0.15, 0.2) is 5.79 Å². The maximum absolute atomic E-state index is 14.4. The number of amides is 4. The van der Waals surface area contributed by atoms with Crippen LogP contribution in [0, 0.1) is 11.8 Å². The molecule has 428 valence electrons. The van der Waals surface area contributed by atoms with Crippen LogP contribution in [0.25, 0.3) is 0 Å². The summed E-state index contributed by atoms with van der Waals surface area (Å²) in [4.78, 5) is 51.6. The number of aliphatic hydroxyl groups is 1.